The van der Waals surface area contributed by atoms with Crippen LogP contribution in [0.4, 0.5) is 0 Å². The summed E-state index contributed by atoms with van der Waals surface area (Å²) in [7, 11) is 0. The molecule has 2 aromatic rings. The molecule has 24 heavy (non-hydrogen) atoms. The molecular weight excluding hydrogens is 344 g/mol. The molecule has 5 nitrogen and oxygen atoms in total. The molecule has 1 fully saturated rings. The highest BCUT2D eigenvalue weighted by Gasteiger charge is 2.17. The van der Waals surface area contributed by atoms with Crippen molar-refractivity contribution in [3.05, 3.63) is 35.1 Å². The van der Waals surface area contributed by atoms with Crippen LogP contribution in [0, 0.1) is 6.92 Å². The van der Waals surface area contributed by atoms with Crippen molar-refractivity contribution in [1.82, 2.24) is 19.7 Å². The second-order valence-corrected chi connectivity index (χ2v) is 7.35. The normalized spacial score (nSPS) is 15.3. The van der Waals surface area contributed by atoms with E-state index in [1.54, 1.807) is 6.33 Å². The number of nitrogens with zero attached hydrogens (tertiary/aromatic N) is 4. The number of aryl methyl sites for hydroxylation is 1. The smallest absolute Gasteiger partial charge is 0.233 e. The van der Waals surface area contributed by atoms with E-state index in [1.165, 1.54) is 24.6 Å². The number of aromatic nitrogens is 3. The number of rotatable bonds is 4. The van der Waals surface area contributed by atoms with E-state index in [1.807, 2.05) is 34.6 Å². The molecule has 128 valence electrons. The first kappa shape index (κ1) is 17.3. The number of carbonyl (C=O) groups is 1. The van der Waals surface area contributed by atoms with Gasteiger partial charge in [0.25, 0.3) is 0 Å². The maximum Gasteiger partial charge on any atom is 0.233 e. The summed E-state index contributed by atoms with van der Waals surface area (Å²) in [6, 6.07) is 5.83. The van der Waals surface area contributed by atoms with Gasteiger partial charge in [-0.2, -0.15) is 0 Å². The van der Waals surface area contributed by atoms with Crippen LogP contribution in [0.1, 0.15) is 31.2 Å². The van der Waals surface area contributed by atoms with Crippen molar-refractivity contribution in [1.29, 1.82) is 0 Å². The third-order valence-corrected chi connectivity index (χ3v) is 5.57. The Morgan fingerprint density at radius 1 is 1.25 bits per heavy atom. The van der Waals surface area contributed by atoms with Crippen LogP contribution in [0.15, 0.2) is 29.7 Å². The van der Waals surface area contributed by atoms with Crippen molar-refractivity contribution in [3.63, 3.8) is 0 Å². The van der Waals surface area contributed by atoms with Crippen LogP contribution in [0.2, 0.25) is 5.02 Å². The average Bonchev–Trinajstić information content (AvgIpc) is 2.87. The molecule has 0 unspecified atom stereocenters. The Labute approximate surface area is 151 Å². The van der Waals surface area contributed by atoms with E-state index in [4.69, 9.17) is 11.6 Å². The standard InChI is InChI=1S/C17H21ClN4OS/c1-13-6-7-14(10-15(13)18)22-12-19-20-17(22)24-11-16(23)21-8-4-2-3-5-9-21/h6-7,10,12H,2-5,8-9,11H2,1H3. The van der Waals surface area contributed by atoms with E-state index in [0.29, 0.717) is 15.9 Å². The summed E-state index contributed by atoms with van der Waals surface area (Å²) < 4.78 is 1.87. The molecule has 1 aromatic heterocycles. The van der Waals surface area contributed by atoms with Crippen molar-refractivity contribution in [2.45, 2.75) is 37.8 Å². The van der Waals surface area contributed by atoms with Crippen molar-refractivity contribution < 1.29 is 4.79 Å². The zero-order chi connectivity index (χ0) is 16.9. The first-order valence-electron chi connectivity index (χ1n) is 8.22. The van der Waals surface area contributed by atoms with E-state index < -0.39 is 0 Å². The molecule has 3 rings (SSSR count). The number of hydrogen-bond acceptors (Lipinski definition) is 4. The van der Waals surface area contributed by atoms with E-state index in [2.05, 4.69) is 10.2 Å². The van der Waals surface area contributed by atoms with Gasteiger partial charge in [-0.1, -0.05) is 42.3 Å². The minimum absolute atomic E-state index is 0.179. The molecule has 0 aliphatic carbocycles. The van der Waals surface area contributed by atoms with E-state index in [9.17, 15) is 4.79 Å². The van der Waals surface area contributed by atoms with Crippen LogP contribution in [0.5, 0.6) is 0 Å². The summed E-state index contributed by atoms with van der Waals surface area (Å²) in [6.45, 7) is 3.72. The molecule has 0 N–H and O–H groups in total. The molecule has 1 aromatic carbocycles. The third-order valence-electron chi connectivity index (χ3n) is 4.23. The fourth-order valence-corrected chi connectivity index (χ4v) is 3.78. The van der Waals surface area contributed by atoms with Gasteiger partial charge in [0.05, 0.1) is 11.4 Å². The summed E-state index contributed by atoms with van der Waals surface area (Å²) >= 11 is 7.63. The Morgan fingerprint density at radius 2 is 2.00 bits per heavy atom. The molecule has 0 spiro atoms. The first-order chi connectivity index (χ1) is 11.6. The fraction of sp³-hybridized carbons (Fsp3) is 0.471. The zero-order valence-corrected chi connectivity index (χ0v) is 15.3. The SMILES string of the molecule is Cc1ccc(-n2cnnc2SCC(=O)N2CCCCCC2)cc1Cl. The monoisotopic (exact) mass is 364 g/mol. The zero-order valence-electron chi connectivity index (χ0n) is 13.7. The van der Waals surface area contributed by atoms with Crippen LogP contribution >= 0.6 is 23.4 Å². The van der Waals surface area contributed by atoms with Crippen molar-refractivity contribution in [2.24, 2.45) is 0 Å². The Kier molecular flexibility index (Phi) is 5.79. The second-order valence-electron chi connectivity index (χ2n) is 6.00. The minimum atomic E-state index is 0.179. The highest BCUT2D eigenvalue weighted by atomic mass is 35.5. The largest absolute Gasteiger partial charge is 0.342 e. The van der Waals surface area contributed by atoms with Crippen LogP contribution in [0.25, 0.3) is 5.69 Å². The van der Waals surface area contributed by atoms with Crippen LogP contribution < -0.4 is 0 Å². The number of likely N-dealkylation sites (tertiary alicyclic amines) is 1. The summed E-state index contributed by atoms with van der Waals surface area (Å²) in [5.41, 5.74) is 1.93. The Balaban J connectivity index is 1.67. The lowest BCUT2D eigenvalue weighted by Crippen LogP contribution is -2.33. The van der Waals surface area contributed by atoms with Crippen LogP contribution in [0.3, 0.4) is 0 Å². The topological polar surface area (TPSA) is 51.0 Å². The molecular formula is C17H21ClN4OS. The van der Waals surface area contributed by atoms with Gasteiger partial charge in [-0.15, -0.1) is 10.2 Å². The highest BCUT2D eigenvalue weighted by molar-refractivity contribution is 7.99. The summed E-state index contributed by atoms with van der Waals surface area (Å²) in [5.74, 6) is 0.566. The van der Waals surface area contributed by atoms with Crippen LogP contribution in [-0.2, 0) is 4.79 Å². The summed E-state index contributed by atoms with van der Waals surface area (Å²) in [6.07, 6.45) is 6.31. The Hall–Kier alpha value is -1.53. The molecule has 2 heterocycles. The number of carbonyl (C=O) groups excluding carboxylic acids is 1. The van der Waals surface area contributed by atoms with E-state index >= 15 is 0 Å². The second kappa shape index (κ2) is 8.03. The highest BCUT2D eigenvalue weighted by Crippen LogP contribution is 2.24. The predicted molar refractivity (Wildman–Crippen MR) is 96.9 cm³/mol. The van der Waals surface area contributed by atoms with Gasteiger partial charge in [0.2, 0.25) is 5.91 Å². The van der Waals surface area contributed by atoms with Gasteiger partial charge >= 0.3 is 0 Å². The lowest BCUT2D eigenvalue weighted by Gasteiger charge is -2.19. The fourth-order valence-electron chi connectivity index (χ4n) is 2.77. The predicted octanol–water partition coefficient (Wildman–Crippen LogP) is 3.72. The number of hydrogen-bond donors (Lipinski definition) is 0. The number of thioether (sulfide) groups is 1. The van der Waals surface area contributed by atoms with Gasteiger partial charge < -0.3 is 4.90 Å². The Morgan fingerprint density at radius 3 is 2.71 bits per heavy atom. The van der Waals surface area contributed by atoms with Crippen molar-refractivity contribution >= 4 is 29.3 Å². The molecule has 1 aliphatic rings. The molecule has 0 saturated carbocycles. The summed E-state index contributed by atoms with van der Waals surface area (Å²) in [5, 5.41) is 9.54. The molecule has 1 amide bonds. The quantitative estimate of drug-likeness (QED) is 0.776. The van der Waals surface area contributed by atoms with Crippen LogP contribution in [-0.4, -0.2) is 44.4 Å². The molecule has 0 bridgehead atoms. The maximum absolute atomic E-state index is 12.4. The van der Waals surface area contributed by atoms with E-state index in [0.717, 1.165) is 37.2 Å². The Bertz CT molecular complexity index is 710. The van der Waals surface area contributed by atoms with Gasteiger partial charge in [-0.3, -0.25) is 9.36 Å². The minimum Gasteiger partial charge on any atom is -0.342 e. The summed E-state index contributed by atoms with van der Waals surface area (Å²) in [4.78, 5) is 14.4. The lowest BCUT2D eigenvalue weighted by atomic mass is 10.2. The molecule has 0 radical (unpaired) electrons. The molecule has 1 saturated heterocycles. The molecule has 1 aliphatic heterocycles. The van der Waals surface area contributed by atoms with E-state index in [-0.39, 0.29) is 5.91 Å². The molecule has 7 heteroatoms. The first-order valence-corrected chi connectivity index (χ1v) is 9.58. The van der Waals surface area contributed by atoms with Crippen molar-refractivity contribution in [3.8, 4) is 5.69 Å². The maximum atomic E-state index is 12.4. The van der Waals surface area contributed by atoms with Gasteiger partial charge in [-0.25, -0.2) is 0 Å². The average molecular weight is 365 g/mol. The van der Waals surface area contributed by atoms with Gasteiger partial charge in [0.1, 0.15) is 6.33 Å². The number of benzene rings is 1. The van der Waals surface area contributed by atoms with Crippen molar-refractivity contribution in [2.75, 3.05) is 18.8 Å². The van der Waals surface area contributed by atoms with Gasteiger partial charge in [-0.05, 0) is 37.5 Å². The molecule has 0 atom stereocenters. The van der Waals surface area contributed by atoms with Gasteiger partial charge in [0, 0.05) is 18.1 Å². The van der Waals surface area contributed by atoms with Gasteiger partial charge in [0.15, 0.2) is 5.16 Å². The third kappa shape index (κ3) is 4.11. The number of halogens is 1. The lowest BCUT2D eigenvalue weighted by molar-refractivity contribution is -0.128. The number of amides is 1.